The number of para-hydroxylation sites is 2. The first-order valence-electron chi connectivity index (χ1n) is 11.3. The summed E-state index contributed by atoms with van der Waals surface area (Å²) < 4.78 is 2.35. The number of rotatable bonds is 3. The predicted octanol–water partition coefficient (Wildman–Crippen LogP) is 6.98. The molecule has 1 heterocycles. The summed E-state index contributed by atoms with van der Waals surface area (Å²) in [6.45, 7) is 6.31. The molecule has 5 rings (SSSR count). The predicted molar refractivity (Wildman–Crippen MR) is 139 cm³/mol. The summed E-state index contributed by atoms with van der Waals surface area (Å²) >= 11 is 0. The van der Waals surface area contributed by atoms with E-state index in [0.29, 0.717) is 0 Å². The Morgan fingerprint density at radius 1 is 0.485 bits per heavy atom. The highest BCUT2D eigenvalue weighted by atomic mass is 16.3. The van der Waals surface area contributed by atoms with Crippen molar-refractivity contribution in [2.24, 2.45) is 0 Å². The maximum Gasteiger partial charge on any atom is 0.0872 e. The van der Waals surface area contributed by atoms with Crippen LogP contribution in [-0.4, -0.2) is 26.0 Å². The van der Waals surface area contributed by atoms with E-state index < -0.39 is 11.2 Å². The van der Waals surface area contributed by atoms with E-state index in [-0.39, 0.29) is 0 Å². The van der Waals surface area contributed by atoms with Crippen LogP contribution < -0.4 is 0 Å². The summed E-state index contributed by atoms with van der Waals surface area (Å²) in [6.07, 6.45) is 0. The van der Waals surface area contributed by atoms with Crippen molar-refractivity contribution in [2.45, 2.75) is 38.9 Å². The van der Waals surface area contributed by atoms with Crippen LogP contribution in [0.5, 0.6) is 0 Å². The van der Waals surface area contributed by atoms with Crippen molar-refractivity contribution in [3.8, 4) is 16.8 Å². The van der Waals surface area contributed by atoms with Gasteiger partial charge in [-0.2, -0.15) is 0 Å². The molecule has 2 N–H and O–H groups in total. The Labute approximate surface area is 195 Å². The van der Waals surface area contributed by atoms with Gasteiger partial charge in [-0.15, -0.1) is 0 Å². The number of hydrogen-bond donors (Lipinski definition) is 2. The lowest BCUT2D eigenvalue weighted by molar-refractivity contribution is -0.107. The number of hydrogen-bond acceptors (Lipinski definition) is 2. The Bertz CT molecular complexity index is 1290. The van der Waals surface area contributed by atoms with E-state index in [4.69, 9.17) is 10.2 Å². The Morgan fingerprint density at radius 2 is 0.879 bits per heavy atom. The van der Waals surface area contributed by atoms with Gasteiger partial charge in [0.05, 0.1) is 22.2 Å². The average molecular weight is 438 g/mol. The quantitative estimate of drug-likeness (QED) is 0.320. The molecule has 0 amide bonds. The summed E-state index contributed by atoms with van der Waals surface area (Å²) in [5.74, 6) is 0. The molecule has 0 saturated heterocycles. The van der Waals surface area contributed by atoms with Crippen molar-refractivity contribution < 1.29 is 10.2 Å². The second-order valence-electron chi connectivity index (χ2n) is 9.40. The summed E-state index contributed by atoms with van der Waals surface area (Å²) in [5, 5.41) is 20.8. The van der Waals surface area contributed by atoms with Crippen LogP contribution in [0.3, 0.4) is 0 Å². The highest BCUT2D eigenvalue weighted by molar-refractivity contribution is 6.09. The van der Waals surface area contributed by atoms with Gasteiger partial charge in [0, 0.05) is 16.5 Å². The lowest BCUT2D eigenvalue weighted by Crippen LogP contribution is -2.44. The molecular weight excluding hydrogens is 406 g/mol. The van der Waals surface area contributed by atoms with Gasteiger partial charge in [0.1, 0.15) is 0 Å². The normalized spacial score (nSPS) is 11.9. The first-order valence-corrected chi connectivity index (χ1v) is 11.3. The Hall–Kier alpha value is -3.40. The molecule has 0 aliphatic rings. The largest absolute Gasteiger partial charge is 0.387 e. The number of benzene rings is 4. The number of nitrogens with zero attached hydrogens (tertiary/aromatic N) is 1. The summed E-state index contributed by atoms with van der Waals surface area (Å²) in [5.41, 5.74) is 4.16. The standard InChI is InChI=1S/C24H17N.C6H14O2/c1-2-8-18(9-3-1)19-14-16-20(17-15-19)25-23-12-6-4-10-21(23)22-11-5-7-13-24(22)25;1-5(2,7)6(3,4)8/h1-17H;7-8H,1-4H3. The zero-order valence-corrected chi connectivity index (χ0v) is 19.7. The van der Waals surface area contributed by atoms with Gasteiger partial charge in [0.25, 0.3) is 0 Å². The minimum atomic E-state index is -1.01. The molecule has 0 unspecified atom stereocenters. The highest BCUT2D eigenvalue weighted by Gasteiger charge is 2.31. The summed E-state index contributed by atoms with van der Waals surface area (Å²) in [6, 6.07) is 36.6. The molecule has 0 spiro atoms. The van der Waals surface area contributed by atoms with E-state index in [1.807, 2.05) is 0 Å². The molecule has 0 aliphatic heterocycles. The van der Waals surface area contributed by atoms with Gasteiger partial charge in [-0.3, -0.25) is 0 Å². The maximum absolute atomic E-state index is 9.10. The van der Waals surface area contributed by atoms with Gasteiger partial charge in [-0.25, -0.2) is 0 Å². The van der Waals surface area contributed by atoms with E-state index in [9.17, 15) is 0 Å². The highest BCUT2D eigenvalue weighted by Crippen LogP contribution is 2.32. The molecule has 0 fully saturated rings. The fourth-order valence-electron chi connectivity index (χ4n) is 3.63. The number of fused-ring (bicyclic) bond motifs is 3. The fraction of sp³-hybridized carbons (Fsp3) is 0.200. The van der Waals surface area contributed by atoms with Crippen LogP contribution in [0.25, 0.3) is 38.6 Å². The van der Waals surface area contributed by atoms with Gasteiger partial charge in [-0.05, 0) is 63.1 Å². The SMILES string of the molecule is CC(C)(O)C(C)(C)O.c1ccc(-c2ccc(-n3c4ccccc4c4ccccc43)cc2)cc1. The monoisotopic (exact) mass is 437 g/mol. The van der Waals surface area contributed by atoms with Gasteiger partial charge in [-0.1, -0.05) is 78.9 Å². The third kappa shape index (κ3) is 4.70. The molecule has 0 aliphatic carbocycles. The minimum absolute atomic E-state index is 1.01. The molecule has 1 aromatic heterocycles. The zero-order chi connectivity index (χ0) is 23.6. The zero-order valence-electron chi connectivity index (χ0n) is 19.7. The van der Waals surface area contributed by atoms with Crippen LogP contribution in [0, 0.1) is 0 Å². The van der Waals surface area contributed by atoms with Crippen molar-refractivity contribution in [1.29, 1.82) is 0 Å². The van der Waals surface area contributed by atoms with E-state index in [2.05, 4.69) is 108 Å². The number of aliphatic hydroxyl groups is 2. The van der Waals surface area contributed by atoms with Crippen LogP contribution in [0.15, 0.2) is 103 Å². The van der Waals surface area contributed by atoms with E-state index >= 15 is 0 Å². The topological polar surface area (TPSA) is 45.4 Å². The van der Waals surface area contributed by atoms with Gasteiger partial charge < -0.3 is 14.8 Å². The lowest BCUT2D eigenvalue weighted by atomic mass is 9.90. The molecule has 0 atom stereocenters. The summed E-state index contributed by atoms with van der Waals surface area (Å²) in [4.78, 5) is 0. The molecule has 0 saturated carbocycles. The average Bonchev–Trinajstić information content (AvgIpc) is 3.13. The second kappa shape index (κ2) is 8.86. The third-order valence-corrected chi connectivity index (χ3v) is 6.31. The van der Waals surface area contributed by atoms with Crippen LogP contribution in [0.2, 0.25) is 0 Å². The summed E-state index contributed by atoms with van der Waals surface area (Å²) in [7, 11) is 0. The molecule has 0 radical (unpaired) electrons. The number of aromatic nitrogens is 1. The van der Waals surface area contributed by atoms with Crippen LogP contribution in [0.1, 0.15) is 27.7 Å². The van der Waals surface area contributed by atoms with Gasteiger partial charge in [0.15, 0.2) is 0 Å². The van der Waals surface area contributed by atoms with E-state index in [1.54, 1.807) is 27.7 Å². The smallest absolute Gasteiger partial charge is 0.0872 e. The Balaban J connectivity index is 0.000000281. The Kier molecular flexibility index (Phi) is 6.11. The van der Waals surface area contributed by atoms with Gasteiger partial charge in [0.2, 0.25) is 0 Å². The molecule has 4 aromatic carbocycles. The minimum Gasteiger partial charge on any atom is -0.387 e. The lowest BCUT2D eigenvalue weighted by Gasteiger charge is -2.31. The van der Waals surface area contributed by atoms with Crippen molar-refractivity contribution in [1.82, 2.24) is 4.57 Å². The molecule has 3 nitrogen and oxygen atoms in total. The van der Waals surface area contributed by atoms with Crippen molar-refractivity contribution in [3.63, 3.8) is 0 Å². The first kappa shape index (κ1) is 22.8. The first-order chi connectivity index (χ1) is 15.7. The third-order valence-electron chi connectivity index (χ3n) is 6.31. The van der Waals surface area contributed by atoms with Crippen molar-refractivity contribution >= 4 is 21.8 Å². The molecule has 168 valence electrons. The molecule has 33 heavy (non-hydrogen) atoms. The molecule has 3 heteroatoms. The van der Waals surface area contributed by atoms with Crippen LogP contribution in [0.4, 0.5) is 0 Å². The molecule has 0 bridgehead atoms. The Morgan fingerprint density at radius 3 is 1.33 bits per heavy atom. The van der Waals surface area contributed by atoms with E-state index in [0.717, 1.165) is 0 Å². The molecule has 5 aromatic rings. The van der Waals surface area contributed by atoms with E-state index in [1.165, 1.54) is 38.6 Å². The maximum atomic E-state index is 9.10. The van der Waals surface area contributed by atoms with Gasteiger partial charge >= 0.3 is 0 Å². The van der Waals surface area contributed by atoms with Crippen molar-refractivity contribution in [3.05, 3.63) is 103 Å². The fourth-order valence-corrected chi connectivity index (χ4v) is 3.63. The second-order valence-corrected chi connectivity index (χ2v) is 9.40. The molecular formula is C30H31NO2. The van der Waals surface area contributed by atoms with Crippen LogP contribution >= 0.6 is 0 Å². The van der Waals surface area contributed by atoms with Crippen molar-refractivity contribution in [2.75, 3.05) is 0 Å². The van der Waals surface area contributed by atoms with Crippen LogP contribution in [-0.2, 0) is 0 Å².